The maximum absolute atomic E-state index is 11.7. The summed E-state index contributed by atoms with van der Waals surface area (Å²) in [4.78, 5) is 11.7. The maximum atomic E-state index is 11.7. The molecule has 0 spiro atoms. The molecule has 0 aliphatic carbocycles. The lowest BCUT2D eigenvalue weighted by Gasteiger charge is -2.10. The lowest BCUT2D eigenvalue weighted by atomic mass is 10.1. The molecule has 1 aromatic rings. The van der Waals surface area contributed by atoms with Crippen LogP contribution in [-0.4, -0.2) is 12.1 Å². The maximum Gasteiger partial charge on any atom is 0.338 e. The van der Waals surface area contributed by atoms with Crippen molar-refractivity contribution in [3.05, 3.63) is 33.8 Å². The van der Waals surface area contributed by atoms with Crippen molar-refractivity contribution in [1.82, 2.24) is 0 Å². The van der Waals surface area contributed by atoms with Gasteiger partial charge in [-0.1, -0.05) is 31.9 Å². The molecule has 0 N–H and O–H groups in total. The second-order valence-electron chi connectivity index (χ2n) is 3.39. The van der Waals surface area contributed by atoms with Crippen LogP contribution >= 0.6 is 31.9 Å². The van der Waals surface area contributed by atoms with E-state index in [2.05, 4.69) is 31.9 Å². The van der Waals surface area contributed by atoms with Crippen LogP contribution < -0.4 is 0 Å². The highest BCUT2D eigenvalue weighted by Gasteiger charge is 2.13. The van der Waals surface area contributed by atoms with Crippen molar-refractivity contribution < 1.29 is 9.53 Å². The third kappa shape index (κ3) is 3.61. The molecule has 0 unspecified atom stereocenters. The second kappa shape index (κ2) is 5.66. The van der Waals surface area contributed by atoms with E-state index >= 15 is 0 Å². The zero-order valence-corrected chi connectivity index (χ0v) is 11.8. The van der Waals surface area contributed by atoms with Gasteiger partial charge in [0.2, 0.25) is 0 Å². The molecule has 0 saturated heterocycles. The molecular formula is C11H12Br2O2. The number of hydrogen-bond donors (Lipinski definition) is 0. The van der Waals surface area contributed by atoms with Gasteiger partial charge in [-0.05, 0) is 37.6 Å². The number of ether oxygens (including phenoxy) is 1. The van der Waals surface area contributed by atoms with E-state index in [1.165, 1.54) is 0 Å². The van der Waals surface area contributed by atoms with E-state index in [4.69, 9.17) is 4.74 Å². The Labute approximate surface area is 106 Å². The van der Waals surface area contributed by atoms with Crippen molar-refractivity contribution in [2.24, 2.45) is 0 Å². The first-order valence-electron chi connectivity index (χ1n) is 4.60. The average molecular weight is 336 g/mol. The summed E-state index contributed by atoms with van der Waals surface area (Å²) in [5.74, 6) is -0.271. The SMILES string of the molecule is CC(C)OC(=O)c1ccc(Br)cc1CBr. The molecule has 2 nitrogen and oxygen atoms in total. The molecule has 0 bridgehead atoms. The Morgan fingerprint density at radius 1 is 1.47 bits per heavy atom. The standard InChI is InChI=1S/C11H12Br2O2/c1-7(2)15-11(14)10-4-3-9(13)5-8(10)6-12/h3-5,7H,6H2,1-2H3. The number of hydrogen-bond acceptors (Lipinski definition) is 2. The largest absolute Gasteiger partial charge is 0.459 e. The van der Waals surface area contributed by atoms with Gasteiger partial charge in [-0.2, -0.15) is 0 Å². The molecule has 0 aliphatic rings. The van der Waals surface area contributed by atoms with Crippen LogP contribution in [0.4, 0.5) is 0 Å². The Morgan fingerprint density at radius 2 is 2.13 bits per heavy atom. The Hall–Kier alpha value is -0.350. The van der Waals surface area contributed by atoms with Gasteiger partial charge in [-0.3, -0.25) is 0 Å². The summed E-state index contributed by atoms with van der Waals surface area (Å²) in [6.45, 7) is 3.68. The molecule has 1 aromatic carbocycles. The van der Waals surface area contributed by atoms with Gasteiger partial charge < -0.3 is 4.74 Å². The normalized spacial score (nSPS) is 10.5. The average Bonchev–Trinajstić information content (AvgIpc) is 2.16. The van der Waals surface area contributed by atoms with Crippen LogP contribution in [0.2, 0.25) is 0 Å². The third-order valence-electron chi connectivity index (χ3n) is 1.77. The Morgan fingerprint density at radius 3 is 2.67 bits per heavy atom. The smallest absolute Gasteiger partial charge is 0.338 e. The van der Waals surface area contributed by atoms with Gasteiger partial charge >= 0.3 is 5.97 Å². The monoisotopic (exact) mass is 334 g/mol. The summed E-state index contributed by atoms with van der Waals surface area (Å²) in [6, 6.07) is 5.51. The summed E-state index contributed by atoms with van der Waals surface area (Å²) >= 11 is 6.71. The fraction of sp³-hybridized carbons (Fsp3) is 0.364. The van der Waals surface area contributed by atoms with Gasteiger partial charge in [0.05, 0.1) is 11.7 Å². The molecule has 0 radical (unpaired) electrons. The molecule has 0 aromatic heterocycles. The molecule has 0 amide bonds. The minimum atomic E-state index is -0.271. The topological polar surface area (TPSA) is 26.3 Å². The van der Waals surface area contributed by atoms with E-state index in [1.807, 2.05) is 26.0 Å². The summed E-state index contributed by atoms with van der Waals surface area (Å²) in [5, 5.41) is 0.634. The molecule has 0 atom stereocenters. The number of halogens is 2. The van der Waals surface area contributed by atoms with Gasteiger partial charge in [0, 0.05) is 9.80 Å². The molecule has 0 saturated carbocycles. The van der Waals surface area contributed by atoms with Crippen LogP contribution in [0.15, 0.2) is 22.7 Å². The molecular weight excluding hydrogens is 324 g/mol. The van der Waals surface area contributed by atoms with Crippen LogP contribution in [0.25, 0.3) is 0 Å². The lowest BCUT2D eigenvalue weighted by molar-refractivity contribution is 0.0377. The van der Waals surface area contributed by atoms with E-state index in [-0.39, 0.29) is 12.1 Å². The highest BCUT2D eigenvalue weighted by atomic mass is 79.9. The van der Waals surface area contributed by atoms with Crippen LogP contribution in [0.1, 0.15) is 29.8 Å². The Balaban J connectivity index is 2.97. The molecule has 0 aliphatic heterocycles. The molecule has 0 heterocycles. The fourth-order valence-corrected chi connectivity index (χ4v) is 2.02. The number of rotatable bonds is 3. The Bertz CT molecular complexity index is 362. The van der Waals surface area contributed by atoms with Crippen molar-refractivity contribution in [3.8, 4) is 0 Å². The van der Waals surface area contributed by atoms with Crippen molar-refractivity contribution >= 4 is 37.8 Å². The van der Waals surface area contributed by atoms with Crippen LogP contribution in [0.3, 0.4) is 0 Å². The highest BCUT2D eigenvalue weighted by Crippen LogP contribution is 2.20. The fourth-order valence-electron chi connectivity index (χ4n) is 1.15. The van der Waals surface area contributed by atoms with Crippen LogP contribution in [-0.2, 0) is 10.1 Å². The van der Waals surface area contributed by atoms with E-state index in [1.54, 1.807) is 6.07 Å². The zero-order valence-electron chi connectivity index (χ0n) is 8.59. The number of alkyl halides is 1. The third-order valence-corrected chi connectivity index (χ3v) is 2.87. The first-order chi connectivity index (χ1) is 7.04. The minimum absolute atomic E-state index is 0.0932. The van der Waals surface area contributed by atoms with Gasteiger partial charge in [0.1, 0.15) is 0 Å². The molecule has 4 heteroatoms. The highest BCUT2D eigenvalue weighted by molar-refractivity contribution is 9.10. The Kier molecular flexibility index (Phi) is 4.80. The minimum Gasteiger partial charge on any atom is -0.459 e. The van der Waals surface area contributed by atoms with E-state index in [0.717, 1.165) is 10.0 Å². The van der Waals surface area contributed by atoms with E-state index in [0.29, 0.717) is 10.9 Å². The van der Waals surface area contributed by atoms with Gasteiger partial charge in [0.25, 0.3) is 0 Å². The van der Waals surface area contributed by atoms with Crippen LogP contribution in [0.5, 0.6) is 0 Å². The van der Waals surface area contributed by atoms with Crippen molar-refractivity contribution in [3.63, 3.8) is 0 Å². The van der Waals surface area contributed by atoms with Crippen molar-refractivity contribution in [1.29, 1.82) is 0 Å². The van der Waals surface area contributed by atoms with Gasteiger partial charge in [-0.25, -0.2) is 4.79 Å². The summed E-state index contributed by atoms with van der Waals surface area (Å²) in [7, 11) is 0. The van der Waals surface area contributed by atoms with Crippen LogP contribution in [0, 0.1) is 0 Å². The van der Waals surface area contributed by atoms with Gasteiger partial charge in [0.15, 0.2) is 0 Å². The van der Waals surface area contributed by atoms with Gasteiger partial charge in [-0.15, -0.1) is 0 Å². The van der Waals surface area contributed by atoms with Crippen molar-refractivity contribution in [2.45, 2.75) is 25.3 Å². The summed E-state index contributed by atoms with van der Waals surface area (Å²) < 4.78 is 6.10. The molecule has 0 fully saturated rings. The number of benzene rings is 1. The number of carbonyl (C=O) groups is 1. The summed E-state index contributed by atoms with van der Waals surface area (Å²) in [5.41, 5.74) is 1.54. The zero-order chi connectivity index (χ0) is 11.4. The first kappa shape index (κ1) is 12.7. The molecule has 82 valence electrons. The number of carbonyl (C=O) groups excluding carboxylic acids is 1. The lowest BCUT2D eigenvalue weighted by Crippen LogP contribution is -2.13. The predicted molar refractivity (Wildman–Crippen MR) is 67.3 cm³/mol. The first-order valence-corrected chi connectivity index (χ1v) is 6.51. The summed E-state index contributed by atoms with van der Waals surface area (Å²) in [6.07, 6.45) is -0.0932. The second-order valence-corrected chi connectivity index (χ2v) is 4.87. The number of esters is 1. The van der Waals surface area contributed by atoms with Crippen molar-refractivity contribution in [2.75, 3.05) is 0 Å². The molecule has 15 heavy (non-hydrogen) atoms. The quantitative estimate of drug-likeness (QED) is 0.618. The predicted octanol–water partition coefficient (Wildman–Crippen LogP) is 3.91. The van der Waals surface area contributed by atoms with E-state index in [9.17, 15) is 4.79 Å². The van der Waals surface area contributed by atoms with E-state index < -0.39 is 0 Å². The molecule has 1 rings (SSSR count).